The molecule has 0 aliphatic carbocycles. The van der Waals surface area contributed by atoms with E-state index in [1.807, 2.05) is 18.3 Å². The van der Waals surface area contributed by atoms with E-state index in [4.69, 9.17) is 4.74 Å². The predicted octanol–water partition coefficient (Wildman–Crippen LogP) is 0.628. The molecular formula is C20H27N5O3. The maximum Gasteiger partial charge on any atom is 0.314 e. The lowest BCUT2D eigenvalue weighted by Gasteiger charge is -2.26. The van der Waals surface area contributed by atoms with E-state index in [0.29, 0.717) is 19.6 Å². The van der Waals surface area contributed by atoms with Crippen molar-refractivity contribution in [1.82, 2.24) is 25.8 Å². The fraction of sp³-hybridized carbons (Fsp3) is 0.500. The van der Waals surface area contributed by atoms with Crippen LogP contribution >= 0.6 is 0 Å². The van der Waals surface area contributed by atoms with Crippen LogP contribution in [0.4, 0.5) is 4.79 Å². The van der Waals surface area contributed by atoms with Gasteiger partial charge in [-0.05, 0) is 36.1 Å². The molecule has 28 heavy (non-hydrogen) atoms. The quantitative estimate of drug-likeness (QED) is 0.586. The number of nitrogens with zero attached hydrogens (tertiary/aromatic N) is 1. The number of carbonyl (C=O) groups excluding carboxylic acids is 2. The lowest BCUT2D eigenvalue weighted by Crippen LogP contribution is -2.44. The van der Waals surface area contributed by atoms with Gasteiger partial charge in [-0.2, -0.15) is 0 Å². The highest BCUT2D eigenvalue weighted by Crippen LogP contribution is 2.28. The monoisotopic (exact) mass is 385 g/mol. The molecular weight excluding hydrogens is 358 g/mol. The minimum absolute atomic E-state index is 0.00642. The van der Waals surface area contributed by atoms with Crippen molar-refractivity contribution in [2.45, 2.75) is 12.8 Å². The summed E-state index contributed by atoms with van der Waals surface area (Å²) < 4.78 is 5.32. The van der Waals surface area contributed by atoms with Gasteiger partial charge >= 0.3 is 6.03 Å². The van der Waals surface area contributed by atoms with Crippen molar-refractivity contribution >= 4 is 22.8 Å². The summed E-state index contributed by atoms with van der Waals surface area (Å²) in [5.41, 5.74) is 4.04. The smallest absolute Gasteiger partial charge is 0.314 e. The normalized spacial score (nSPS) is 17.2. The lowest BCUT2D eigenvalue weighted by atomic mass is 9.94. The number of aromatic amines is 1. The largest absolute Gasteiger partial charge is 0.379 e. The number of benzene rings is 1. The first kappa shape index (κ1) is 18.8. The number of urea groups is 1. The second-order valence-corrected chi connectivity index (χ2v) is 7.22. The SMILES string of the molecule is O=C(NCCc1c[nH]c2ccc3c(c12)CCNC3=O)NCCN1CCOCC1. The first-order valence-electron chi connectivity index (χ1n) is 9.94. The van der Waals surface area contributed by atoms with Crippen LogP contribution in [0.15, 0.2) is 18.3 Å². The second-order valence-electron chi connectivity index (χ2n) is 7.22. The maximum atomic E-state index is 12.1. The summed E-state index contributed by atoms with van der Waals surface area (Å²) in [4.78, 5) is 29.7. The van der Waals surface area contributed by atoms with E-state index in [9.17, 15) is 9.59 Å². The van der Waals surface area contributed by atoms with Gasteiger partial charge in [0.05, 0.1) is 13.2 Å². The molecule has 3 heterocycles. The number of aromatic nitrogens is 1. The zero-order chi connectivity index (χ0) is 19.3. The number of fused-ring (bicyclic) bond motifs is 3. The minimum Gasteiger partial charge on any atom is -0.379 e. The molecule has 8 nitrogen and oxygen atoms in total. The van der Waals surface area contributed by atoms with Crippen LogP contribution in [-0.4, -0.2) is 74.3 Å². The van der Waals surface area contributed by atoms with E-state index in [2.05, 4.69) is 25.8 Å². The van der Waals surface area contributed by atoms with Crippen LogP contribution in [0.25, 0.3) is 10.9 Å². The van der Waals surface area contributed by atoms with Gasteiger partial charge in [0.15, 0.2) is 0 Å². The molecule has 4 rings (SSSR count). The highest BCUT2D eigenvalue weighted by molar-refractivity contribution is 6.02. The summed E-state index contributed by atoms with van der Waals surface area (Å²) in [6.45, 7) is 6.06. The number of nitrogens with one attached hydrogen (secondary N) is 4. The molecule has 1 saturated heterocycles. The average molecular weight is 385 g/mol. The van der Waals surface area contributed by atoms with Gasteiger partial charge in [-0.15, -0.1) is 0 Å². The Kier molecular flexibility index (Phi) is 5.78. The van der Waals surface area contributed by atoms with E-state index in [1.54, 1.807) is 0 Å². The summed E-state index contributed by atoms with van der Waals surface area (Å²) in [5, 5.41) is 9.85. The summed E-state index contributed by atoms with van der Waals surface area (Å²) in [6.07, 6.45) is 3.53. The Hall–Kier alpha value is -2.58. The number of carbonyl (C=O) groups is 2. The molecule has 1 aromatic heterocycles. The number of hydrogen-bond acceptors (Lipinski definition) is 4. The number of amides is 3. The third-order valence-electron chi connectivity index (χ3n) is 5.44. The van der Waals surface area contributed by atoms with Crippen molar-refractivity contribution in [2.75, 3.05) is 52.5 Å². The Morgan fingerprint density at radius 3 is 2.86 bits per heavy atom. The molecule has 0 spiro atoms. The molecule has 2 aliphatic rings. The average Bonchev–Trinajstić information content (AvgIpc) is 3.13. The topological polar surface area (TPSA) is 98.5 Å². The van der Waals surface area contributed by atoms with Crippen LogP contribution in [0.3, 0.4) is 0 Å². The summed E-state index contributed by atoms with van der Waals surface area (Å²) >= 11 is 0. The Morgan fingerprint density at radius 1 is 1.18 bits per heavy atom. The standard InChI is InChI=1S/C20H27N5O3/c26-19-16-1-2-17-18(15(16)4-6-21-19)14(13-24-17)3-5-22-20(27)23-7-8-25-9-11-28-12-10-25/h1-2,13,24H,3-12H2,(H,21,26)(H2,22,23,27). The third-order valence-corrected chi connectivity index (χ3v) is 5.44. The molecule has 2 aliphatic heterocycles. The number of H-pyrrole nitrogens is 1. The highest BCUT2D eigenvalue weighted by Gasteiger charge is 2.20. The molecule has 0 radical (unpaired) electrons. The molecule has 2 aromatic rings. The van der Waals surface area contributed by atoms with Gasteiger partial charge in [0.25, 0.3) is 5.91 Å². The van der Waals surface area contributed by atoms with Crippen LogP contribution in [0.5, 0.6) is 0 Å². The third kappa shape index (κ3) is 4.13. The fourth-order valence-corrected chi connectivity index (χ4v) is 3.96. The van der Waals surface area contributed by atoms with Gasteiger partial charge < -0.3 is 25.7 Å². The summed E-state index contributed by atoms with van der Waals surface area (Å²) in [7, 11) is 0. The molecule has 3 amide bonds. The predicted molar refractivity (Wildman–Crippen MR) is 107 cm³/mol. The molecule has 4 N–H and O–H groups in total. The van der Waals surface area contributed by atoms with Crippen molar-refractivity contribution in [2.24, 2.45) is 0 Å². The van der Waals surface area contributed by atoms with Crippen molar-refractivity contribution in [3.05, 3.63) is 35.0 Å². The Labute approximate surface area is 164 Å². The summed E-state index contributed by atoms with van der Waals surface area (Å²) in [5.74, 6) is -0.00642. The van der Waals surface area contributed by atoms with Gasteiger partial charge in [-0.3, -0.25) is 9.69 Å². The first-order chi connectivity index (χ1) is 13.7. The Morgan fingerprint density at radius 2 is 2.00 bits per heavy atom. The number of hydrogen-bond donors (Lipinski definition) is 4. The van der Waals surface area contributed by atoms with Crippen LogP contribution in [0.2, 0.25) is 0 Å². The highest BCUT2D eigenvalue weighted by atomic mass is 16.5. The molecule has 0 unspecified atom stereocenters. The molecule has 0 bridgehead atoms. The molecule has 0 saturated carbocycles. The van der Waals surface area contributed by atoms with Crippen LogP contribution < -0.4 is 16.0 Å². The molecule has 0 atom stereocenters. The van der Waals surface area contributed by atoms with E-state index in [-0.39, 0.29) is 11.9 Å². The summed E-state index contributed by atoms with van der Waals surface area (Å²) in [6, 6.07) is 3.69. The minimum atomic E-state index is -0.144. The number of morpholine rings is 1. The van der Waals surface area contributed by atoms with E-state index in [1.165, 1.54) is 0 Å². The number of ether oxygens (including phenoxy) is 1. The van der Waals surface area contributed by atoms with Gasteiger partial charge in [-0.25, -0.2) is 4.79 Å². The van der Waals surface area contributed by atoms with E-state index < -0.39 is 0 Å². The van der Waals surface area contributed by atoms with Crippen LogP contribution in [0, 0.1) is 0 Å². The van der Waals surface area contributed by atoms with Crippen LogP contribution in [-0.2, 0) is 17.6 Å². The van der Waals surface area contributed by atoms with Gasteiger partial charge in [-0.1, -0.05) is 0 Å². The maximum absolute atomic E-state index is 12.1. The zero-order valence-corrected chi connectivity index (χ0v) is 16.0. The van der Waals surface area contributed by atoms with E-state index in [0.717, 1.165) is 73.3 Å². The van der Waals surface area contributed by atoms with Gasteiger partial charge in [0.1, 0.15) is 0 Å². The van der Waals surface area contributed by atoms with Crippen molar-refractivity contribution < 1.29 is 14.3 Å². The molecule has 8 heteroatoms. The van der Waals surface area contributed by atoms with Crippen molar-refractivity contribution in [1.29, 1.82) is 0 Å². The second kappa shape index (κ2) is 8.62. The molecule has 1 fully saturated rings. The van der Waals surface area contributed by atoms with E-state index >= 15 is 0 Å². The lowest BCUT2D eigenvalue weighted by molar-refractivity contribution is 0.0387. The van der Waals surface area contributed by atoms with Gasteiger partial charge in [0, 0.05) is 61.9 Å². The molecule has 150 valence electrons. The Balaban J connectivity index is 1.29. The van der Waals surface area contributed by atoms with Gasteiger partial charge in [0.2, 0.25) is 0 Å². The first-order valence-corrected chi connectivity index (χ1v) is 9.94. The Bertz CT molecular complexity index is 857. The van der Waals surface area contributed by atoms with Crippen LogP contribution in [0.1, 0.15) is 21.5 Å². The van der Waals surface area contributed by atoms with Crippen molar-refractivity contribution in [3.8, 4) is 0 Å². The zero-order valence-electron chi connectivity index (χ0n) is 16.0. The van der Waals surface area contributed by atoms with Crippen molar-refractivity contribution in [3.63, 3.8) is 0 Å². The number of rotatable bonds is 6. The fourth-order valence-electron chi connectivity index (χ4n) is 3.96. The molecule has 1 aromatic carbocycles.